The second-order valence-corrected chi connectivity index (χ2v) is 5.95. The van der Waals surface area contributed by atoms with Gasteiger partial charge in [0.2, 0.25) is 11.8 Å². The first-order valence-electron chi connectivity index (χ1n) is 6.46. The van der Waals surface area contributed by atoms with E-state index in [1.54, 1.807) is 17.0 Å². The number of halogens is 1. The molecule has 1 aromatic rings. The number of carbonyl (C=O) groups is 3. The van der Waals surface area contributed by atoms with E-state index in [0.717, 1.165) is 4.47 Å². The third-order valence-corrected chi connectivity index (χ3v) is 4.17. The van der Waals surface area contributed by atoms with Gasteiger partial charge >= 0.3 is 0 Å². The molecule has 0 unspecified atom stereocenters. The van der Waals surface area contributed by atoms with E-state index in [4.69, 9.17) is 0 Å². The Morgan fingerprint density at radius 1 is 1.15 bits per heavy atom. The predicted octanol–water partition coefficient (Wildman–Crippen LogP) is 1.42. The summed E-state index contributed by atoms with van der Waals surface area (Å²) >= 11 is 3.33. The first-order valence-corrected chi connectivity index (χ1v) is 7.25. The van der Waals surface area contributed by atoms with Crippen molar-refractivity contribution >= 4 is 33.7 Å². The molecule has 0 aromatic heterocycles. The Bertz CT molecular complexity index is 580. The molecule has 0 radical (unpaired) electrons. The van der Waals surface area contributed by atoms with Crippen molar-refractivity contribution in [3.63, 3.8) is 0 Å². The molecule has 2 fully saturated rings. The van der Waals surface area contributed by atoms with Crippen LogP contribution in [-0.2, 0) is 9.59 Å². The maximum absolute atomic E-state index is 12.2. The lowest BCUT2D eigenvalue weighted by atomic mass is 10.1. The SMILES string of the molecule is O=C(c1cccc(Br)c1)N1CC(N2C(=O)CCC2=O)C1. The number of imide groups is 1. The monoisotopic (exact) mass is 336 g/mol. The normalized spacial score (nSPS) is 19.4. The molecular formula is C14H13BrN2O3. The highest BCUT2D eigenvalue weighted by Crippen LogP contribution is 2.24. The molecule has 2 aliphatic heterocycles. The predicted molar refractivity (Wildman–Crippen MR) is 74.9 cm³/mol. The Morgan fingerprint density at radius 2 is 1.80 bits per heavy atom. The number of nitrogens with zero attached hydrogens (tertiary/aromatic N) is 2. The van der Waals surface area contributed by atoms with Crippen molar-refractivity contribution in [2.24, 2.45) is 0 Å². The molecule has 5 nitrogen and oxygen atoms in total. The fourth-order valence-electron chi connectivity index (χ4n) is 2.59. The number of amides is 3. The largest absolute Gasteiger partial charge is 0.334 e. The van der Waals surface area contributed by atoms with Crippen LogP contribution >= 0.6 is 15.9 Å². The van der Waals surface area contributed by atoms with Crippen molar-refractivity contribution < 1.29 is 14.4 Å². The van der Waals surface area contributed by atoms with Crippen molar-refractivity contribution in [3.05, 3.63) is 34.3 Å². The third kappa shape index (κ3) is 2.24. The Kier molecular flexibility index (Phi) is 3.33. The molecule has 1 aromatic carbocycles. The average Bonchev–Trinajstić information content (AvgIpc) is 2.69. The summed E-state index contributed by atoms with van der Waals surface area (Å²) in [7, 11) is 0. The Hall–Kier alpha value is -1.69. The van der Waals surface area contributed by atoms with Gasteiger partial charge in [-0.3, -0.25) is 19.3 Å². The van der Waals surface area contributed by atoms with E-state index in [9.17, 15) is 14.4 Å². The lowest BCUT2D eigenvalue weighted by molar-refractivity contribution is -0.144. The van der Waals surface area contributed by atoms with Crippen LogP contribution in [0.1, 0.15) is 23.2 Å². The molecule has 2 heterocycles. The average molecular weight is 337 g/mol. The van der Waals surface area contributed by atoms with Crippen LogP contribution in [0.4, 0.5) is 0 Å². The highest BCUT2D eigenvalue weighted by molar-refractivity contribution is 9.10. The standard InChI is InChI=1S/C14H13BrN2O3/c15-10-3-1-2-9(6-10)14(20)16-7-11(8-16)17-12(18)4-5-13(17)19/h1-3,6,11H,4-5,7-8H2. The Labute approximate surface area is 124 Å². The van der Waals surface area contributed by atoms with Crippen LogP contribution < -0.4 is 0 Å². The number of likely N-dealkylation sites (tertiary alicyclic amines) is 2. The lowest BCUT2D eigenvalue weighted by Crippen LogP contribution is -2.62. The van der Waals surface area contributed by atoms with Gasteiger partial charge in [0, 0.05) is 36.0 Å². The van der Waals surface area contributed by atoms with Gasteiger partial charge in [0.05, 0.1) is 6.04 Å². The molecule has 0 bridgehead atoms. The summed E-state index contributed by atoms with van der Waals surface area (Å²) in [6, 6.07) is 7.04. The topological polar surface area (TPSA) is 57.7 Å². The second-order valence-electron chi connectivity index (χ2n) is 5.03. The highest BCUT2D eigenvalue weighted by Gasteiger charge is 2.42. The number of hydrogen-bond acceptors (Lipinski definition) is 3. The smallest absolute Gasteiger partial charge is 0.254 e. The number of hydrogen-bond donors (Lipinski definition) is 0. The molecule has 20 heavy (non-hydrogen) atoms. The molecule has 2 saturated heterocycles. The quantitative estimate of drug-likeness (QED) is 0.767. The molecule has 104 valence electrons. The second kappa shape index (κ2) is 5.01. The first kappa shape index (κ1) is 13.3. The van der Waals surface area contributed by atoms with Gasteiger partial charge in [0.1, 0.15) is 0 Å². The van der Waals surface area contributed by atoms with Crippen LogP contribution in [0, 0.1) is 0 Å². The van der Waals surface area contributed by atoms with Gasteiger partial charge in [0.15, 0.2) is 0 Å². The highest BCUT2D eigenvalue weighted by atomic mass is 79.9. The molecule has 3 rings (SSSR count). The van der Waals surface area contributed by atoms with E-state index in [0.29, 0.717) is 31.5 Å². The van der Waals surface area contributed by atoms with Crippen molar-refractivity contribution in [2.45, 2.75) is 18.9 Å². The Morgan fingerprint density at radius 3 is 2.40 bits per heavy atom. The Balaban J connectivity index is 1.64. The first-order chi connectivity index (χ1) is 9.56. The molecular weight excluding hydrogens is 324 g/mol. The van der Waals surface area contributed by atoms with Gasteiger partial charge in [-0.25, -0.2) is 0 Å². The summed E-state index contributed by atoms with van der Waals surface area (Å²) in [5.74, 6) is -0.300. The van der Waals surface area contributed by atoms with Crippen molar-refractivity contribution in [2.75, 3.05) is 13.1 Å². The molecule has 0 saturated carbocycles. The fourth-order valence-corrected chi connectivity index (χ4v) is 2.99. The van der Waals surface area contributed by atoms with Crippen LogP contribution in [0.15, 0.2) is 28.7 Å². The molecule has 0 atom stereocenters. The van der Waals surface area contributed by atoms with Gasteiger partial charge in [-0.15, -0.1) is 0 Å². The van der Waals surface area contributed by atoms with Crippen LogP contribution in [0.5, 0.6) is 0 Å². The zero-order valence-corrected chi connectivity index (χ0v) is 12.3. The minimum Gasteiger partial charge on any atom is -0.334 e. The molecule has 0 spiro atoms. The maximum Gasteiger partial charge on any atom is 0.254 e. The summed E-state index contributed by atoms with van der Waals surface area (Å²) in [6.07, 6.45) is 0.601. The summed E-state index contributed by atoms with van der Waals surface area (Å²) in [4.78, 5) is 38.4. The van der Waals surface area contributed by atoms with Crippen molar-refractivity contribution in [1.82, 2.24) is 9.80 Å². The van der Waals surface area contributed by atoms with Crippen LogP contribution in [-0.4, -0.2) is 46.7 Å². The van der Waals surface area contributed by atoms with E-state index in [1.165, 1.54) is 4.90 Å². The molecule has 2 aliphatic rings. The molecule has 0 aliphatic carbocycles. The van der Waals surface area contributed by atoms with Gasteiger partial charge in [-0.2, -0.15) is 0 Å². The number of carbonyl (C=O) groups excluding carboxylic acids is 3. The maximum atomic E-state index is 12.2. The van der Waals surface area contributed by atoms with Crippen LogP contribution in [0.25, 0.3) is 0 Å². The van der Waals surface area contributed by atoms with Gasteiger partial charge in [0.25, 0.3) is 5.91 Å². The van der Waals surface area contributed by atoms with Crippen LogP contribution in [0.2, 0.25) is 0 Å². The van der Waals surface area contributed by atoms with Crippen LogP contribution in [0.3, 0.4) is 0 Å². The van der Waals surface area contributed by atoms with Crippen molar-refractivity contribution in [1.29, 1.82) is 0 Å². The van der Waals surface area contributed by atoms with Gasteiger partial charge in [-0.05, 0) is 18.2 Å². The minimum absolute atomic E-state index is 0.0679. The minimum atomic E-state index is -0.145. The van der Waals surface area contributed by atoms with E-state index in [1.807, 2.05) is 12.1 Å². The zero-order chi connectivity index (χ0) is 14.3. The van der Waals surface area contributed by atoms with E-state index < -0.39 is 0 Å². The number of rotatable bonds is 2. The summed E-state index contributed by atoms with van der Waals surface area (Å²) in [5.41, 5.74) is 0.608. The van der Waals surface area contributed by atoms with Crippen molar-refractivity contribution in [3.8, 4) is 0 Å². The fraction of sp³-hybridized carbons (Fsp3) is 0.357. The number of benzene rings is 1. The van der Waals surface area contributed by atoms with Gasteiger partial charge in [-0.1, -0.05) is 22.0 Å². The molecule has 6 heteroatoms. The van der Waals surface area contributed by atoms with E-state index in [2.05, 4.69) is 15.9 Å². The molecule has 0 N–H and O–H groups in total. The summed E-state index contributed by atoms with van der Waals surface area (Å²) in [5, 5.41) is 0. The van der Waals surface area contributed by atoms with E-state index >= 15 is 0 Å². The summed E-state index contributed by atoms with van der Waals surface area (Å²) < 4.78 is 0.852. The summed E-state index contributed by atoms with van der Waals surface area (Å²) in [6.45, 7) is 0.867. The zero-order valence-electron chi connectivity index (χ0n) is 10.7. The third-order valence-electron chi connectivity index (χ3n) is 3.68. The van der Waals surface area contributed by atoms with Gasteiger partial charge < -0.3 is 4.90 Å². The van der Waals surface area contributed by atoms with E-state index in [-0.39, 0.29) is 23.8 Å². The lowest BCUT2D eigenvalue weighted by Gasteiger charge is -2.43. The molecule has 3 amide bonds.